The summed E-state index contributed by atoms with van der Waals surface area (Å²) < 4.78 is 1.07. The molecule has 3 nitrogen and oxygen atoms in total. The minimum Gasteiger partial charge on any atom is -0.350 e. The second-order valence-electron chi connectivity index (χ2n) is 2.94. The van der Waals surface area contributed by atoms with E-state index in [0.29, 0.717) is 13.0 Å². The van der Waals surface area contributed by atoms with Crippen LogP contribution in [0.1, 0.15) is 18.2 Å². The summed E-state index contributed by atoms with van der Waals surface area (Å²) in [5, 5.41) is 2.79. The first-order valence-electron chi connectivity index (χ1n) is 4.41. The number of hydrogen-bond acceptors (Lipinski definition) is 3. The maximum atomic E-state index is 11.3. The lowest BCUT2D eigenvalue weighted by molar-refractivity contribution is -0.122. The van der Waals surface area contributed by atoms with Gasteiger partial charge in [0.2, 0.25) is 5.91 Å². The molecule has 1 atom stereocenters. The molecule has 0 fully saturated rings. The number of hydrogen-bond donors (Lipinski definition) is 2. The van der Waals surface area contributed by atoms with Crippen molar-refractivity contribution in [1.29, 1.82) is 0 Å². The molecule has 0 bridgehead atoms. The van der Waals surface area contributed by atoms with Crippen molar-refractivity contribution in [3.05, 3.63) is 20.8 Å². The minimum atomic E-state index is -0.390. The predicted molar refractivity (Wildman–Crippen MR) is 69.4 cm³/mol. The van der Waals surface area contributed by atoms with E-state index in [9.17, 15) is 4.79 Å². The normalized spacial score (nSPS) is 11.7. The highest BCUT2D eigenvalue weighted by atomic mass is 79.9. The van der Waals surface area contributed by atoms with Gasteiger partial charge in [0.1, 0.15) is 0 Å². The number of nitrogens with two attached hydrogens (primary N) is 1. The molecular weight excluding hydrogens is 300 g/mol. The van der Waals surface area contributed by atoms with Crippen molar-refractivity contribution < 1.29 is 4.79 Å². The Balaban J connectivity index is 0.00000196. The molecule has 1 aromatic heterocycles. The summed E-state index contributed by atoms with van der Waals surface area (Å²) in [6.45, 7) is 2.45. The number of thiophene rings is 1. The van der Waals surface area contributed by atoms with Gasteiger partial charge in [-0.1, -0.05) is 6.92 Å². The van der Waals surface area contributed by atoms with Crippen LogP contribution in [-0.4, -0.2) is 11.9 Å². The number of carbonyl (C=O) groups is 1. The number of nitrogens with one attached hydrogen (secondary N) is 1. The lowest BCUT2D eigenvalue weighted by Gasteiger charge is -2.08. The molecular formula is C9H14BrClN2OS. The molecule has 3 N–H and O–H groups in total. The Labute approximate surface area is 108 Å². The van der Waals surface area contributed by atoms with Crippen LogP contribution in [0.15, 0.2) is 15.9 Å². The van der Waals surface area contributed by atoms with Crippen molar-refractivity contribution >= 4 is 45.6 Å². The SMILES string of the molecule is CC[C@H](N)C(=O)NCc1ccc(Br)s1.Cl. The molecule has 0 radical (unpaired) electrons. The average molecular weight is 314 g/mol. The summed E-state index contributed by atoms with van der Waals surface area (Å²) >= 11 is 4.97. The van der Waals surface area contributed by atoms with Crippen LogP contribution in [0.5, 0.6) is 0 Å². The molecule has 6 heteroatoms. The highest BCUT2D eigenvalue weighted by Gasteiger charge is 2.10. The van der Waals surface area contributed by atoms with Crippen LogP contribution in [0, 0.1) is 0 Å². The molecule has 0 aliphatic heterocycles. The van der Waals surface area contributed by atoms with Crippen molar-refractivity contribution in [3.8, 4) is 0 Å². The smallest absolute Gasteiger partial charge is 0.237 e. The molecule has 0 aliphatic carbocycles. The van der Waals surface area contributed by atoms with E-state index in [2.05, 4.69) is 21.2 Å². The summed E-state index contributed by atoms with van der Waals surface area (Å²) in [6.07, 6.45) is 0.667. The molecule has 15 heavy (non-hydrogen) atoms. The number of halogens is 2. The van der Waals surface area contributed by atoms with E-state index < -0.39 is 6.04 Å². The monoisotopic (exact) mass is 312 g/mol. The number of carbonyl (C=O) groups excluding carboxylic acids is 1. The van der Waals surface area contributed by atoms with Crippen molar-refractivity contribution in [2.75, 3.05) is 0 Å². The van der Waals surface area contributed by atoms with E-state index in [4.69, 9.17) is 5.73 Å². The van der Waals surface area contributed by atoms with E-state index >= 15 is 0 Å². The van der Waals surface area contributed by atoms with Crippen LogP contribution in [0.2, 0.25) is 0 Å². The summed E-state index contributed by atoms with van der Waals surface area (Å²) in [5.41, 5.74) is 5.57. The maximum Gasteiger partial charge on any atom is 0.237 e. The first kappa shape index (κ1) is 14.9. The van der Waals surface area contributed by atoms with Crippen molar-refractivity contribution in [2.24, 2.45) is 5.73 Å². The van der Waals surface area contributed by atoms with Crippen LogP contribution in [0.4, 0.5) is 0 Å². The molecule has 1 heterocycles. The lowest BCUT2D eigenvalue weighted by Crippen LogP contribution is -2.39. The van der Waals surface area contributed by atoms with Gasteiger partial charge in [-0.3, -0.25) is 4.79 Å². The van der Waals surface area contributed by atoms with Gasteiger partial charge < -0.3 is 11.1 Å². The van der Waals surface area contributed by atoms with Crippen LogP contribution in [0.3, 0.4) is 0 Å². The average Bonchev–Trinajstić information content (AvgIpc) is 2.59. The zero-order chi connectivity index (χ0) is 10.6. The van der Waals surface area contributed by atoms with Gasteiger partial charge in [0, 0.05) is 4.88 Å². The number of rotatable bonds is 4. The third kappa shape index (κ3) is 4.97. The molecule has 0 aliphatic rings. The Morgan fingerprint density at radius 1 is 1.67 bits per heavy atom. The van der Waals surface area contributed by atoms with Gasteiger partial charge >= 0.3 is 0 Å². The van der Waals surface area contributed by atoms with Crippen LogP contribution in [0.25, 0.3) is 0 Å². The second kappa shape index (κ2) is 7.22. The predicted octanol–water partition coefficient (Wildman–Crippen LogP) is 2.29. The fourth-order valence-corrected chi connectivity index (χ4v) is 2.36. The summed E-state index contributed by atoms with van der Waals surface area (Å²) in [6, 6.07) is 3.55. The topological polar surface area (TPSA) is 55.1 Å². The standard InChI is InChI=1S/C9H13BrN2OS.ClH/c1-2-7(11)9(13)12-5-6-3-4-8(10)14-6;/h3-4,7H,2,5,11H2,1H3,(H,12,13);1H/t7-;/m0./s1. The largest absolute Gasteiger partial charge is 0.350 e. The second-order valence-corrected chi connectivity index (χ2v) is 5.49. The molecule has 0 saturated heterocycles. The quantitative estimate of drug-likeness (QED) is 0.896. The Hall–Kier alpha value is -0.100. The van der Waals surface area contributed by atoms with Gasteiger partial charge in [-0.25, -0.2) is 0 Å². The summed E-state index contributed by atoms with van der Waals surface area (Å²) in [4.78, 5) is 12.4. The van der Waals surface area contributed by atoms with Gasteiger partial charge in [0.15, 0.2) is 0 Å². The van der Waals surface area contributed by atoms with Crippen LogP contribution in [-0.2, 0) is 11.3 Å². The van der Waals surface area contributed by atoms with Gasteiger partial charge in [0.25, 0.3) is 0 Å². The fourth-order valence-electron chi connectivity index (χ4n) is 0.937. The van der Waals surface area contributed by atoms with E-state index in [1.165, 1.54) is 0 Å². The molecule has 1 rings (SSSR count). The molecule has 1 amide bonds. The van der Waals surface area contributed by atoms with E-state index in [1.807, 2.05) is 19.1 Å². The molecule has 0 aromatic carbocycles. The highest BCUT2D eigenvalue weighted by molar-refractivity contribution is 9.11. The maximum absolute atomic E-state index is 11.3. The minimum absolute atomic E-state index is 0. The Bertz CT molecular complexity index is 319. The molecule has 0 spiro atoms. The fraction of sp³-hybridized carbons (Fsp3) is 0.444. The van der Waals surface area contributed by atoms with Gasteiger partial charge in [-0.2, -0.15) is 0 Å². The van der Waals surface area contributed by atoms with Gasteiger partial charge in [0.05, 0.1) is 16.4 Å². The van der Waals surface area contributed by atoms with E-state index in [1.54, 1.807) is 11.3 Å². The van der Waals surface area contributed by atoms with E-state index in [-0.39, 0.29) is 18.3 Å². The zero-order valence-corrected chi connectivity index (χ0v) is 11.5. The third-order valence-corrected chi connectivity index (χ3v) is 3.47. The van der Waals surface area contributed by atoms with E-state index in [0.717, 1.165) is 8.66 Å². The van der Waals surface area contributed by atoms with Crippen molar-refractivity contribution in [1.82, 2.24) is 5.32 Å². The van der Waals surface area contributed by atoms with Crippen LogP contribution < -0.4 is 11.1 Å². The molecule has 86 valence electrons. The van der Waals surface area contributed by atoms with Gasteiger partial charge in [-0.05, 0) is 34.5 Å². The zero-order valence-electron chi connectivity index (χ0n) is 8.33. The third-order valence-electron chi connectivity index (χ3n) is 1.84. The number of amides is 1. The molecule has 1 aromatic rings. The Kier molecular flexibility index (Phi) is 7.17. The Morgan fingerprint density at radius 3 is 2.80 bits per heavy atom. The first-order chi connectivity index (χ1) is 6.63. The Morgan fingerprint density at radius 2 is 2.33 bits per heavy atom. The van der Waals surface area contributed by atoms with Crippen molar-refractivity contribution in [3.63, 3.8) is 0 Å². The van der Waals surface area contributed by atoms with Gasteiger partial charge in [-0.15, -0.1) is 23.7 Å². The molecule has 0 saturated carbocycles. The molecule has 0 unspecified atom stereocenters. The lowest BCUT2D eigenvalue weighted by atomic mass is 10.2. The summed E-state index contributed by atoms with van der Waals surface area (Å²) in [7, 11) is 0. The van der Waals surface area contributed by atoms with Crippen LogP contribution >= 0.6 is 39.7 Å². The highest BCUT2D eigenvalue weighted by Crippen LogP contribution is 2.21. The summed E-state index contributed by atoms with van der Waals surface area (Å²) in [5.74, 6) is -0.0861. The first-order valence-corrected chi connectivity index (χ1v) is 6.02. The van der Waals surface area contributed by atoms with Crippen molar-refractivity contribution in [2.45, 2.75) is 25.9 Å².